The normalized spacial score (nSPS) is 12.3. The van der Waals surface area contributed by atoms with E-state index in [1.807, 2.05) is 6.92 Å². The fourth-order valence-electron chi connectivity index (χ4n) is 2.18. The van der Waals surface area contributed by atoms with Gasteiger partial charge in [0.1, 0.15) is 6.04 Å². The van der Waals surface area contributed by atoms with Crippen LogP contribution in [0.1, 0.15) is 24.9 Å². The van der Waals surface area contributed by atoms with Crippen LogP contribution in [0.4, 0.5) is 5.69 Å². The molecular formula is C15H23N3O4. The van der Waals surface area contributed by atoms with Crippen molar-refractivity contribution in [2.45, 2.75) is 19.4 Å². The molecule has 0 saturated heterocycles. The minimum absolute atomic E-state index is 0.0465. The van der Waals surface area contributed by atoms with E-state index in [0.29, 0.717) is 30.9 Å². The number of hydrogen-bond acceptors (Lipinski definition) is 5. The molecule has 0 spiro atoms. The zero-order valence-corrected chi connectivity index (χ0v) is 12.7. The van der Waals surface area contributed by atoms with Gasteiger partial charge in [-0.3, -0.25) is 19.8 Å². The maximum Gasteiger partial charge on any atom is 0.325 e. The lowest BCUT2D eigenvalue weighted by molar-refractivity contribution is -0.140. The highest BCUT2D eigenvalue weighted by atomic mass is 16.4. The summed E-state index contributed by atoms with van der Waals surface area (Å²) < 4.78 is 0. The second-order valence-corrected chi connectivity index (χ2v) is 5.06. The lowest BCUT2D eigenvalue weighted by atomic mass is 10.1. The number of carboxylic acids is 2. The Balaban J connectivity index is 2.59. The van der Waals surface area contributed by atoms with Gasteiger partial charge in [0, 0.05) is 18.8 Å². The second-order valence-electron chi connectivity index (χ2n) is 5.06. The quantitative estimate of drug-likeness (QED) is 0.472. The van der Waals surface area contributed by atoms with Crippen LogP contribution in [0.5, 0.6) is 0 Å². The zero-order valence-electron chi connectivity index (χ0n) is 12.7. The molecule has 1 rings (SSSR count). The lowest BCUT2D eigenvalue weighted by Crippen LogP contribution is -2.39. The number of carboxylic acid groups (broad SMARTS) is 2. The van der Waals surface area contributed by atoms with Gasteiger partial charge >= 0.3 is 11.9 Å². The van der Waals surface area contributed by atoms with E-state index < -0.39 is 18.0 Å². The van der Waals surface area contributed by atoms with Gasteiger partial charge in [-0.05, 0) is 30.7 Å². The average molecular weight is 309 g/mol. The van der Waals surface area contributed by atoms with Gasteiger partial charge in [-0.1, -0.05) is 19.1 Å². The minimum atomic E-state index is -0.981. The number of nitrogens with one attached hydrogen (secondary N) is 1. The number of nitrogens with zero attached hydrogens (tertiary/aromatic N) is 1. The Hall–Kier alpha value is -2.12. The molecule has 1 aromatic rings. The van der Waals surface area contributed by atoms with Gasteiger partial charge in [0.05, 0.1) is 6.54 Å². The predicted molar refractivity (Wildman–Crippen MR) is 83.6 cm³/mol. The fraction of sp³-hybridized carbons (Fsp3) is 0.467. The lowest BCUT2D eigenvalue weighted by Gasteiger charge is -2.21. The molecule has 1 atom stereocenters. The zero-order chi connectivity index (χ0) is 16.5. The Morgan fingerprint density at radius 2 is 1.86 bits per heavy atom. The number of carbonyl (C=O) groups is 2. The van der Waals surface area contributed by atoms with Gasteiger partial charge in [-0.15, -0.1) is 0 Å². The number of nitrogens with two attached hydrogens (primary N) is 1. The van der Waals surface area contributed by atoms with Crippen LogP contribution in [-0.2, 0) is 9.59 Å². The summed E-state index contributed by atoms with van der Waals surface area (Å²) in [6, 6.07) is 5.81. The number of aliphatic carboxylic acids is 2. The van der Waals surface area contributed by atoms with Gasteiger partial charge < -0.3 is 15.9 Å². The molecule has 0 heterocycles. The third kappa shape index (κ3) is 6.11. The van der Waals surface area contributed by atoms with E-state index in [-0.39, 0.29) is 6.54 Å². The summed E-state index contributed by atoms with van der Waals surface area (Å²) in [7, 11) is 0. The van der Waals surface area contributed by atoms with Crippen molar-refractivity contribution < 1.29 is 19.8 Å². The Labute approximate surface area is 129 Å². The molecule has 0 fully saturated rings. The topological polar surface area (TPSA) is 116 Å². The van der Waals surface area contributed by atoms with Crippen LogP contribution in [0.3, 0.4) is 0 Å². The van der Waals surface area contributed by atoms with Crippen molar-refractivity contribution in [3.8, 4) is 0 Å². The average Bonchev–Trinajstić information content (AvgIpc) is 2.44. The Bertz CT molecular complexity index is 490. The molecule has 0 saturated carbocycles. The van der Waals surface area contributed by atoms with E-state index in [4.69, 9.17) is 10.8 Å². The molecule has 5 N–H and O–H groups in total. The van der Waals surface area contributed by atoms with Crippen LogP contribution >= 0.6 is 0 Å². The van der Waals surface area contributed by atoms with Crippen molar-refractivity contribution >= 4 is 17.6 Å². The molecule has 0 bridgehead atoms. The molecule has 0 amide bonds. The monoisotopic (exact) mass is 309 g/mol. The van der Waals surface area contributed by atoms with Crippen LogP contribution in [-0.4, -0.2) is 53.2 Å². The first-order chi connectivity index (χ1) is 10.4. The predicted octanol–water partition coefficient (Wildman–Crippen LogP) is 0.781. The molecule has 22 heavy (non-hydrogen) atoms. The van der Waals surface area contributed by atoms with Gasteiger partial charge in [0.25, 0.3) is 0 Å². The number of anilines is 1. The van der Waals surface area contributed by atoms with Crippen molar-refractivity contribution in [1.82, 2.24) is 10.2 Å². The Morgan fingerprint density at radius 3 is 2.36 bits per heavy atom. The molecule has 1 aromatic carbocycles. The van der Waals surface area contributed by atoms with Crippen molar-refractivity contribution in [3.63, 3.8) is 0 Å². The van der Waals surface area contributed by atoms with Gasteiger partial charge in [0.2, 0.25) is 0 Å². The summed E-state index contributed by atoms with van der Waals surface area (Å²) in [6.07, 6.45) is 0.841. The SMILES string of the molecule is CCCN(CCNC(C(=O)O)c1ccc(N)cc1)CC(=O)O. The molecule has 1 unspecified atom stereocenters. The summed E-state index contributed by atoms with van der Waals surface area (Å²) in [6.45, 7) is 3.44. The standard InChI is InChI=1S/C15H23N3O4/c1-2-8-18(10-13(19)20)9-7-17-14(15(21)22)11-3-5-12(16)6-4-11/h3-6,14,17H,2,7-10,16H2,1H3,(H,19,20)(H,21,22). The summed E-state index contributed by atoms with van der Waals surface area (Å²) in [5.74, 6) is -1.87. The first kappa shape index (κ1) is 17.9. The number of hydrogen-bond donors (Lipinski definition) is 4. The first-order valence-electron chi connectivity index (χ1n) is 7.19. The molecule has 122 valence electrons. The molecule has 7 heteroatoms. The third-order valence-electron chi connectivity index (χ3n) is 3.19. The molecule has 0 radical (unpaired) electrons. The molecule has 0 aliphatic heterocycles. The molecule has 0 aromatic heterocycles. The fourth-order valence-corrected chi connectivity index (χ4v) is 2.18. The van der Waals surface area contributed by atoms with E-state index in [2.05, 4.69) is 5.32 Å². The van der Waals surface area contributed by atoms with E-state index in [9.17, 15) is 14.7 Å². The van der Waals surface area contributed by atoms with E-state index in [1.165, 1.54) is 0 Å². The molecule has 0 aliphatic carbocycles. The van der Waals surface area contributed by atoms with Crippen LogP contribution in [0.25, 0.3) is 0 Å². The molecule has 7 nitrogen and oxygen atoms in total. The third-order valence-corrected chi connectivity index (χ3v) is 3.19. The molecular weight excluding hydrogens is 286 g/mol. The van der Waals surface area contributed by atoms with Crippen LogP contribution in [0.2, 0.25) is 0 Å². The van der Waals surface area contributed by atoms with Crippen molar-refractivity contribution in [1.29, 1.82) is 0 Å². The summed E-state index contributed by atoms with van der Waals surface area (Å²) in [5, 5.41) is 21.1. The second kappa shape index (κ2) is 9.01. The summed E-state index contributed by atoms with van der Waals surface area (Å²) in [5.41, 5.74) is 6.78. The van der Waals surface area contributed by atoms with E-state index >= 15 is 0 Å². The largest absolute Gasteiger partial charge is 0.480 e. The van der Waals surface area contributed by atoms with Gasteiger partial charge in [0.15, 0.2) is 0 Å². The van der Waals surface area contributed by atoms with Gasteiger partial charge in [-0.25, -0.2) is 0 Å². The maximum atomic E-state index is 11.4. The maximum absolute atomic E-state index is 11.4. The number of benzene rings is 1. The number of rotatable bonds is 10. The van der Waals surface area contributed by atoms with E-state index in [1.54, 1.807) is 29.2 Å². The highest BCUT2D eigenvalue weighted by molar-refractivity contribution is 5.75. The van der Waals surface area contributed by atoms with Gasteiger partial charge in [-0.2, -0.15) is 0 Å². The van der Waals surface area contributed by atoms with E-state index in [0.717, 1.165) is 6.42 Å². The van der Waals surface area contributed by atoms with Crippen molar-refractivity contribution in [2.24, 2.45) is 0 Å². The van der Waals surface area contributed by atoms with Crippen LogP contribution < -0.4 is 11.1 Å². The Morgan fingerprint density at radius 1 is 1.23 bits per heavy atom. The highest BCUT2D eigenvalue weighted by Crippen LogP contribution is 2.15. The summed E-state index contributed by atoms with van der Waals surface area (Å²) in [4.78, 5) is 23.9. The Kier molecular flexibility index (Phi) is 7.34. The number of nitrogen functional groups attached to an aromatic ring is 1. The first-order valence-corrected chi connectivity index (χ1v) is 7.19. The van der Waals surface area contributed by atoms with Crippen LogP contribution in [0, 0.1) is 0 Å². The van der Waals surface area contributed by atoms with Crippen molar-refractivity contribution in [3.05, 3.63) is 29.8 Å². The minimum Gasteiger partial charge on any atom is -0.480 e. The molecule has 0 aliphatic rings. The summed E-state index contributed by atoms with van der Waals surface area (Å²) >= 11 is 0. The van der Waals surface area contributed by atoms with Crippen LogP contribution in [0.15, 0.2) is 24.3 Å². The smallest absolute Gasteiger partial charge is 0.325 e. The van der Waals surface area contributed by atoms with Crippen molar-refractivity contribution in [2.75, 3.05) is 31.9 Å². The highest BCUT2D eigenvalue weighted by Gasteiger charge is 2.19.